The van der Waals surface area contributed by atoms with E-state index in [1.807, 2.05) is 23.6 Å². The first-order valence-corrected chi connectivity index (χ1v) is 12.1. The molecule has 5 aromatic heterocycles. The number of ether oxygens (including phenoxy) is 2. The van der Waals surface area contributed by atoms with Crippen LogP contribution in [0, 0.1) is 0 Å². The van der Waals surface area contributed by atoms with Crippen molar-refractivity contribution in [2.45, 2.75) is 6.54 Å². The molecule has 0 radical (unpaired) electrons. The highest BCUT2D eigenvalue weighted by Gasteiger charge is 2.23. The summed E-state index contributed by atoms with van der Waals surface area (Å²) < 4.78 is 16.8. The summed E-state index contributed by atoms with van der Waals surface area (Å²) in [6.07, 6.45) is 3.35. The fraction of sp³-hybridized carbons (Fsp3) is 0.125. The second-order valence-corrected chi connectivity index (χ2v) is 9.20. The monoisotopic (exact) mass is 551 g/mol. The second-order valence-electron chi connectivity index (χ2n) is 7.33. The van der Waals surface area contributed by atoms with E-state index in [1.165, 1.54) is 25.6 Å². The lowest BCUT2D eigenvalue weighted by Crippen LogP contribution is -2.24. The standard InChI is InChI=1S/C24H18BrN5O4S/c1-32-18-6-5-15(28-23(18)33-2)12-27-22(31)16-9-17(13-8-14(25)11-26-10-13)29-24-20(16)21(30-34-24)19-4-3-7-35-19/h3-11H,12H2,1-2H3,(H,27,31). The molecule has 0 atom stereocenters. The molecule has 35 heavy (non-hydrogen) atoms. The van der Waals surface area contributed by atoms with Crippen LogP contribution in [-0.4, -0.2) is 40.2 Å². The van der Waals surface area contributed by atoms with E-state index in [2.05, 4.69) is 41.4 Å². The second kappa shape index (κ2) is 9.80. The van der Waals surface area contributed by atoms with Crippen molar-refractivity contribution in [3.8, 4) is 33.5 Å². The number of nitrogens with one attached hydrogen (secondary N) is 1. The van der Waals surface area contributed by atoms with Gasteiger partial charge in [-0.1, -0.05) is 11.2 Å². The predicted octanol–water partition coefficient (Wildman–Crippen LogP) is 5.12. The number of hydrogen-bond acceptors (Lipinski definition) is 9. The number of amides is 1. The van der Waals surface area contributed by atoms with Gasteiger partial charge in [0.2, 0.25) is 0 Å². The molecule has 0 aromatic carbocycles. The Morgan fingerprint density at radius 2 is 2.03 bits per heavy atom. The van der Waals surface area contributed by atoms with E-state index in [1.54, 1.807) is 30.6 Å². The summed E-state index contributed by atoms with van der Waals surface area (Å²) in [7, 11) is 3.05. The number of nitrogens with zero attached hydrogens (tertiary/aromatic N) is 4. The van der Waals surface area contributed by atoms with Crippen molar-refractivity contribution in [3.05, 3.63) is 69.9 Å². The van der Waals surface area contributed by atoms with Crippen LogP contribution in [0.1, 0.15) is 16.1 Å². The van der Waals surface area contributed by atoms with Crippen molar-refractivity contribution in [3.63, 3.8) is 0 Å². The Hall–Kier alpha value is -3.83. The highest BCUT2D eigenvalue weighted by molar-refractivity contribution is 9.10. The van der Waals surface area contributed by atoms with Crippen LogP contribution in [0.4, 0.5) is 0 Å². The summed E-state index contributed by atoms with van der Waals surface area (Å²) in [5, 5.41) is 9.63. The van der Waals surface area contributed by atoms with Gasteiger partial charge in [-0.25, -0.2) is 9.97 Å². The predicted molar refractivity (Wildman–Crippen MR) is 135 cm³/mol. The molecule has 5 rings (SSSR count). The van der Waals surface area contributed by atoms with Gasteiger partial charge in [0.15, 0.2) is 5.75 Å². The Balaban J connectivity index is 1.55. The average molecular weight is 552 g/mol. The van der Waals surface area contributed by atoms with Crippen LogP contribution in [-0.2, 0) is 6.54 Å². The van der Waals surface area contributed by atoms with E-state index < -0.39 is 0 Å². The largest absolute Gasteiger partial charge is 0.491 e. The molecular formula is C24H18BrN5O4S. The van der Waals surface area contributed by atoms with Crippen molar-refractivity contribution < 1.29 is 18.8 Å². The first kappa shape index (κ1) is 22.9. The number of thiophene rings is 1. The molecule has 0 aliphatic carbocycles. The maximum atomic E-state index is 13.5. The van der Waals surface area contributed by atoms with Crippen molar-refractivity contribution in [1.29, 1.82) is 0 Å². The molecule has 5 aromatic rings. The molecule has 0 saturated carbocycles. The molecular weight excluding hydrogens is 534 g/mol. The number of fused-ring (bicyclic) bond motifs is 1. The third-order valence-corrected chi connectivity index (χ3v) is 6.48. The molecule has 11 heteroatoms. The maximum absolute atomic E-state index is 13.5. The summed E-state index contributed by atoms with van der Waals surface area (Å²) in [6, 6.07) is 10.9. The number of methoxy groups -OCH3 is 2. The zero-order chi connectivity index (χ0) is 24.4. The van der Waals surface area contributed by atoms with E-state index in [0.29, 0.717) is 39.7 Å². The Kier molecular flexibility index (Phi) is 6.43. The van der Waals surface area contributed by atoms with Crippen LogP contribution in [0.3, 0.4) is 0 Å². The van der Waals surface area contributed by atoms with Crippen LogP contribution in [0.5, 0.6) is 11.6 Å². The number of aromatic nitrogens is 4. The van der Waals surface area contributed by atoms with Crippen LogP contribution in [0.25, 0.3) is 32.9 Å². The molecule has 0 unspecified atom stereocenters. The lowest BCUT2D eigenvalue weighted by Gasteiger charge is -2.10. The van der Waals surface area contributed by atoms with Gasteiger partial charge in [0.25, 0.3) is 17.5 Å². The van der Waals surface area contributed by atoms with Crippen LogP contribution < -0.4 is 14.8 Å². The Bertz CT molecular complexity index is 1520. The van der Waals surface area contributed by atoms with Crippen molar-refractivity contribution in [2.75, 3.05) is 14.2 Å². The first-order chi connectivity index (χ1) is 17.1. The van der Waals surface area contributed by atoms with Crippen LogP contribution in [0.2, 0.25) is 0 Å². The third kappa shape index (κ3) is 4.60. The zero-order valence-corrected chi connectivity index (χ0v) is 21.0. The molecule has 1 N–H and O–H groups in total. The van der Waals surface area contributed by atoms with Crippen molar-refractivity contribution in [2.24, 2.45) is 0 Å². The minimum Gasteiger partial charge on any atom is -0.491 e. The van der Waals surface area contributed by atoms with Gasteiger partial charge in [0.05, 0.1) is 48.0 Å². The van der Waals surface area contributed by atoms with E-state index in [0.717, 1.165) is 14.9 Å². The Labute approximate surface area is 212 Å². The molecule has 176 valence electrons. The third-order valence-electron chi connectivity index (χ3n) is 5.17. The lowest BCUT2D eigenvalue weighted by atomic mass is 10.1. The van der Waals surface area contributed by atoms with Gasteiger partial charge in [-0.3, -0.25) is 9.78 Å². The summed E-state index contributed by atoms with van der Waals surface area (Å²) in [5.41, 5.74) is 3.09. The zero-order valence-electron chi connectivity index (χ0n) is 18.6. The topological polar surface area (TPSA) is 112 Å². The average Bonchev–Trinajstić information content (AvgIpc) is 3.56. The normalized spacial score (nSPS) is 10.9. The molecule has 0 aliphatic rings. The van der Waals surface area contributed by atoms with Gasteiger partial charge in [-0.05, 0) is 51.6 Å². The minimum absolute atomic E-state index is 0.177. The van der Waals surface area contributed by atoms with Crippen LogP contribution >= 0.6 is 27.3 Å². The smallest absolute Gasteiger partial charge is 0.259 e. The van der Waals surface area contributed by atoms with Gasteiger partial charge in [-0.15, -0.1) is 11.3 Å². The molecule has 0 aliphatic heterocycles. The molecule has 1 amide bonds. The van der Waals surface area contributed by atoms with Gasteiger partial charge < -0.3 is 19.3 Å². The fourth-order valence-corrected chi connectivity index (χ4v) is 4.62. The van der Waals surface area contributed by atoms with Gasteiger partial charge in [-0.2, -0.15) is 0 Å². The first-order valence-electron chi connectivity index (χ1n) is 10.4. The molecule has 0 spiro atoms. The number of halogens is 1. The number of carbonyl (C=O) groups is 1. The summed E-state index contributed by atoms with van der Waals surface area (Å²) in [4.78, 5) is 27.6. The lowest BCUT2D eigenvalue weighted by molar-refractivity contribution is 0.0952. The summed E-state index contributed by atoms with van der Waals surface area (Å²) in [6.45, 7) is 0.177. The van der Waals surface area contributed by atoms with E-state index in [4.69, 9.17) is 14.0 Å². The fourth-order valence-electron chi connectivity index (χ4n) is 3.54. The molecule has 0 fully saturated rings. The minimum atomic E-state index is -0.320. The van der Waals surface area contributed by atoms with E-state index >= 15 is 0 Å². The van der Waals surface area contributed by atoms with Crippen molar-refractivity contribution in [1.82, 2.24) is 25.4 Å². The van der Waals surface area contributed by atoms with Crippen LogP contribution in [0.15, 0.2) is 63.2 Å². The number of rotatable bonds is 7. The Morgan fingerprint density at radius 3 is 2.77 bits per heavy atom. The molecule has 9 nitrogen and oxygen atoms in total. The van der Waals surface area contributed by atoms with Gasteiger partial charge in [0, 0.05) is 22.4 Å². The van der Waals surface area contributed by atoms with Gasteiger partial charge in [0.1, 0.15) is 5.69 Å². The van der Waals surface area contributed by atoms with E-state index in [9.17, 15) is 4.79 Å². The quantitative estimate of drug-likeness (QED) is 0.296. The molecule has 5 heterocycles. The number of carbonyl (C=O) groups excluding carboxylic acids is 1. The summed E-state index contributed by atoms with van der Waals surface area (Å²) >= 11 is 4.93. The number of pyridine rings is 3. The number of hydrogen-bond donors (Lipinski definition) is 1. The molecule has 0 saturated heterocycles. The highest BCUT2D eigenvalue weighted by Crippen LogP contribution is 2.35. The van der Waals surface area contributed by atoms with E-state index in [-0.39, 0.29) is 18.2 Å². The summed E-state index contributed by atoms with van der Waals surface area (Å²) in [5.74, 6) is 0.531. The Morgan fingerprint density at radius 1 is 1.14 bits per heavy atom. The van der Waals surface area contributed by atoms with Gasteiger partial charge >= 0.3 is 0 Å². The highest BCUT2D eigenvalue weighted by atomic mass is 79.9. The molecule has 0 bridgehead atoms. The van der Waals surface area contributed by atoms with Crippen molar-refractivity contribution >= 4 is 44.3 Å². The SMILES string of the molecule is COc1ccc(CNC(=O)c2cc(-c3cncc(Br)c3)nc3onc(-c4cccs4)c23)nc1OC. The maximum Gasteiger partial charge on any atom is 0.259 e.